The fraction of sp³-hybridized carbons (Fsp3) is 0.500. The second-order valence-corrected chi connectivity index (χ2v) is 6.75. The molecule has 1 fully saturated rings. The summed E-state index contributed by atoms with van der Waals surface area (Å²) in [6.07, 6.45) is -3.90. The average molecular weight is 361 g/mol. The first-order valence-corrected chi connectivity index (χ1v) is 7.99. The van der Waals surface area contributed by atoms with E-state index in [0.29, 0.717) is 12.8 Å². The van der Waals surface area contributed by atoms with Crippen molar-refractivity contribution in [1.82, 2.24) is 5.01 Å². The Hall–Kier alpha value is -1.60. The number of hydrogen-bond acceptors (Lipinski definition) is 3. The van der Waals surface area contributed by atoms with E-state index in [1.807, 2.05) is 6.92 Å². The number of amides is 1. The first-order valence-electron chi connectivity index (χ1n) is 7.61. The standard InChI is InChI=1S/C16H16ClF3N2O2/c1-9-6-7-13-11(8-9)15(24,16(18,19)20)22(21-13)14(23)10-4-2-3-5-12(10)17/h2-5,9,11,24H,6-8H2,1H3/t9-,11-,15-/m1/s1. The predicted octanol–water partition coefficient (Wildman–Crippen LogP) is 3.84. The second kappa shape index (κ2) is 5.74. The van der Waals surface area contributed by atoms with Crippen molar-refractivity contribution in [3.05, 3.63) is 34.9 Å². The minimum absolute atomic E-state index is 0.00969. The van der Waals surface area contributed by atoms with Crippen LogP contribution in [0.15, 0.2) is 29.4 Å². The third-order valence-electron chi connectivity index (χ3n) is 4.68. The molecule has 1 aliphatic heterocycles. The van der Waals surface area contributed by atoms with Crippen molar-refractivity contribution in [3.63, 3.8) is 0 Å². The van der Waals surface area contributed by atoms with Gasteiger partial charge in [0, 0.05) is 5.71 Å². The number of hydrazone groups is 1. The summed E-state index contributed by atoms with van der Waals surface area (Å²) in [5.74, 6) is -2.29. The first kappa shape index (κ1) is 17.2. The van der Waals surface area contributed by atoms with Crippen molar-refractivity contribution in [2.45, 2.75) is 38.1 Å². The molecule has 1 aromatic rings. The Morgan fingerprint density at radius 3 is 2.71 bits per heavy atom. The molecular formula is C16H16ClF3N2O2. The van der Waals surface area contributed by atoms with Crippen LogP contribution < -0.4 is 0 Å². The summed E-state index contributed by atoms with van der Waals surface area (Å²) in [7, 11) is 0. The summed E-state index contributed by atoms with van der Waals surface area (Å²) in [6, 6.07) is 5.77. The van der Waals surface area contributed by atoms with Gasteiger partial charge in [-0.15, -0.1) is 0 Å². The molecule has 0 saturated heterocycles. The molecule has 0 unspecified atom stereocenters. The van der Waals surface area contributed by atoms with Crippen molar-refractivity contribution in [1.29, 1.82) is 0 Å². The van der Waals surface area contributed by atoms with Gasteiger partial charge in [0.15, 0.2) is 0 Å². The molecule has 0 spiro atoms. The van der Waals surface area contributed by atoms with Gasteiger partial charge in [-0.05, 0) is 37.3 Å². The number of hydrogen-bond donors (Lipinski definition) is 1. The highest BCUT2D eigenvalue weighted by molar-refractivity contribution is 6.33. The Labute approximate surface area is 141 Å². The number of carbonyl (C=O) groups excluding carboxylic acids is 1. The highest BCUT2D eigenvalue weighted by atomic mass is 35.5. The van der Waals surface area contributed by atoms with E-state index < -0.39 is 23.7 Å². The van der Waals surface area contributed by atoms with Gasteiger partial charge in [-0.25, -0.2) is 0 Å². The highest BCUT2D eigenvalue weighted by Gasteiger charge is 2.68. The first-order chi connectivity index (χ1) is 11.2. The molecule has 1 amide bonds. The predicted molar refractivity (Wildman–Crippen MR) is 82.6 cm³/mol. The topological polar surface area (TPSA) is 52.9 Å². The van der Waals surface area contributed by atoms with E-state index in [9.17, 15) is 23.1 Å². The third-order valence-corrected chi connectivity index (χ3v) is 5.01. The van der Waals surface area contributed by atoms with Crippen LogP contribution in [0.2, 0.25) is 5.02 Å². The van der Waals surface area contributed by atoms with Gasteiger partial charge in [-0.1, -0.05) is 30.7 Å². The number of benzene rings is 1. The molecule has 8 heteroatoms. The number of aliphatic hydroxyl groups is 1. The van der Waals surface area contributed by atoms with Crippen LogP contribution in [0.1, 0.15) is 36.5 Å². The molecule has 1 aliphatic carbocycles. The number of rotatable bonds is 1. The molecular weight excluding hydrogens is 345 g/mol. The van der Waals surface area contributed by atoms with Gasteiger partial charge >= 0.3 is 6.18 Å². The summed E-state index contributed by atoms with van der Waals surface area (Å²) in [4.78, 5) is 12.6. The monoisotopic (exact) mass is 360 g/mol. The molecule has 1 saturated carbocycles. The van der Waals surface area contributed by atoms with Gasteiger partial charge in [0.2, 0.25) is 0 Å². The molecule has 0 bridgehead atoms. The van der Waals surface area contributed by atoms with Gasteiger partial charge in [0.05, 0.1) is 16.5 Å². The zero-order valence-electron chi connectivity index (χ0n) is 12.8. The molecule has 3 atom stereocenters. The summed E-state index contributed by atoms with van der Waals surface area (Å²) < 4.78 is 41.2. The van der Waals surface area contributed by atoms with Crippen LogP contribution in [0.3, 0.4) is 0 Å². The molecule has 1 heterocycles. The summed E-state index contributed by atoms with van der Waals surface area (Å²) in [5, 5.41) is 14.6. The van der Waals surface area contributed by atoms with Gasteiger partial charge < -0.3 is 5.11 Å². The maximum absolute atomic E-state index is 13.7. The van der Waals surface area contributed by atoms with E-state index in [1.54, 1.807) is 6.07 Å². The van der Waals surface area contributed by atoms with Crippen molar-refractivity contribution in [3.8, 4) is 0 Å². The van der Waals surface area contributed by atoms with E-state index in [0.717, 1.165) is 0 Å². The van der Waals surface area contributed by atoms with Crippen molar-refractivity contribution >= 4 is 23.2 Å². The van der Waals surface area contributed by atoms with Crippen LogP contribution in [-0.2, 0) is 0 Å². The molecule has 130 valence electrons. The van der Waals surface area contributed by atoms with Crippen molar-refractivity contribution < 1.29 is 23.1 Å². The Balaban J connectivity index is 2.07. The van der Waals surface area contributed by atoms with Gasteiger partial charge in [-0.2, -0.15) is 23.3 Å². The van der Waals surface area contributed by atoms with E-state index in [1.165, 1.54) is 18.2 Å². The normalized spacial score (nSPS) is 30.1. The lowest BCUT2D eigenvalue weighted by atomic mass is 9.76. The minimum Gasteiger partial charge on any atom is -0.362 e. The Morgan fingerprint density at radius 1 is 1.42 bits per heavy atom. The lowest BCUT2D eigenvalue weighted by Gasteiger charge is -2.39. The quantitative estimate of drug-likeness (QED) is 0.827. The molecule has 24 heavy (non-hydrogen) atoms. The van der Waals surface area contributed by atoms with Crippen molar-refractivity contribution in [2.24, 2.45) is 16.9 Å². The Bertz CT molecular complexity index is 707. The highest BCUT2D eigenvalue weighted by Crippen LogP contribution is 2.49. The summed E-state index contributed by atoms with van der Waals surface area (Å²) in [5.41, 5.74) is -3.25. The molecule has 1 aromatic carbocycles. The fourth-order valence-electron chi connectivity index (χ4n) is 3.36. The van der Waals surface area contributed by atoms with E-state index in [-0.39, 0.29) is 33.6 Å². The number of alkyl halides is 3. The van der Waals surface area contributed by atoms with Crippen LogP contribution in [0, 0.1) is 11.8 Å². The van der Waals surface area contributed by atoms with Crippen LogP contribution >= 0.6 is 11.6 Å². The molecule has 2 aliphatic rings. The van der Waals surface area contributed by atoms with Gasteiger partial charge in [0.1, 0.15) is 0 Å². The molecule has 4 nitrogen and oxygen atoms in total. The van der Waals surface area contributed by atoms with Crippen LogP contribution in [0.5, 0.6) is 0 Å². The van der Waals surface area contributed by atoms with Crippen LogP contribution in [-0.4, -0.2) is 33.6 Å². The van der Waals surface area contributed by atoms with Gasteiger partial charge in [0.25, 0.3) is 11.6 Å². The fourth-order valence-corrected chi connectivity index (χ4v) is 3.58. The number of fused-ring (bicyclic) bond motifs is 1. The Kier molecular flexibility index (Phi) is 4.12. The average Bonchev–Trinajstić information content (AvgIpc) is 2.81. The molecule has 1 N–H and O–H groups in total. The lowest BCUT2D eigenvalue weighted by Crippen LogP contribution is -2.61. The van der Waals surface area contributed by atoms with Crippen LogP contribution in [0.4, 0.5) is 13.2 Å². The molecule has 0 aromatic heterocycles. The molecule has 3 rings (SSSR count). The maximum atomic E-state index is 13.7. The maximum Gasteiger partial charge on any atom is 0.439 e. The van der Waals surface area contributed by atoms with Gasteiger partial charge in [-0.3, -0.25) is 4.79 Å². The van der Waals surface area contributed by atoms with Crippen LogP contribution in [0.25, 0.3) is 0 Å². The molecule has 0 radical (unpaired) electrons. The number of carbonyl (C=O) groups is 1. The van der Waals surface area contributed by atoms with Crippen molar-refractivity contribution in [2.75, 3.05) is 0 Å². The smallest absolute Gasteiger partial charge is 0.362 e. The number of halogens is 4. The largest absolute Gasteiger partial charge is 0.439 e. The number of nitrogens with zero attached hydrogens (tertiary/aromatic N) is 2. The second-order valence-electron chi connectivity index (χ2n) is 6.34. The van der Waals surface area contributed by atoms with E-state index >= 15 is 0 Å². The summed E-state index contributed by atoms with van der Waals surface area (Å²) in [6.45, 7) is 1.83. The minimum atomic E-state index is -5.03. The SMILES string of the molecule is C[C@@H]1CCC2=NN(C(=O)c3ccccc3Cl)[C@](O)(C(F)(F)F)[C@@H]2C1. The zero-order valence-corrected chi connectivity index (χ0v) is 13.6. The van der Waals surface area contributed by atoms with E-state index in [2.05, 4.69) is 5.10 Å². The lowest BCUT2D eigenvalue weighted by molar-refractivity contribution is -0.313. The van der Waals surface area contributed by atoms with E-state index in [4.69, 9.17) is 11.6 Å². The summed E-state index contributed by atoms with van der Waals surface area (Å²) >= 11 is 5.92. The zero-order chi connectivity index (χ0) is 17.7. The third kappa shape index (κ3) is 2.50. The Morgan fingerprint density at radius 2 is 2.08 bits per heavy atom.